The first-order chi connectivity index (χ1) is 9.00. The summed E-state index contributed by atoms with van der Waals surface area (Å²) in [6, 6.07) is 10.1. The number of alkyl halides is 3. The van der Waals surface area contributed by atoms with Crippen molar-refractivity contribution in [3.05, 3.63) is 53.7 Å². The second kappa shape index (κ2) is 5.40. The van der Waals surface area contributed by atoms with Gasteiger partial charge in [-0.25, -0.2) is 0 Å². The highest BCUT2D eigenvalue weighted by Gasteiger charge is 2.30. The Morgan fingerprint density at radius 2 is 1.79 bits per heavy atom. The number of hydrogen-bond acceptors (Lipinski definition) is 2. The molecule has 0 amide bonds. The number of benzene rings is 1. The van der Waals surface area contributed by atoms with Crippen LogP contribution in [0.1, 0.15) is 11.3 Å². The molecule has 0 saturated carbocycles. The van der Waals surface area contributed by atoms with Crippen molar-refractivity contribution in [1.82, 2.24) is 4.98 Å². The fourth-order valence-electron chi connectivity index (χ4n) is 1.75. The number of nitrogens with zero attached hydrogens (tertiary/aromatic N) is 1. The minimum atomic E-state index is -4.36. The molecule has 0 radical (unpaired) electrons. The number of halogens is 3. The third-order valence-corrected chi connectivity index (χ3v) is 2.66. The molecule has 1 aromatic carbocycles. The van der Waals surface area contributed by atoms with Gasteiger partial charge in [-0.2, -0.15) is 13.2 Å². The first-order valence-electron chi connectivity index (χ1n) is 5.75. The van der Waals surface area contributed by atoms with Crippen molar-refractivity contribution in [1.29, 1.82) is 0 Å². The van der Waals surface area contributed by atoms with Crippen molar-refractivity contribution in [3.8, 4) is 11.3 Å². The van der Waals surface area contributed by atoms with Crippen LogP contribution in [0.4, 0.5) is 13.2 Å². The molecular weight excluding hydrogens is 255 g/mol. The van der Waals surface area contributed by atoms with E-state index < -0.39 is 11.7 Å². The van der Waals surface area contributed by atoms with Gasteiger partial charge < -0.3 is 5.11 Å². The van der Waals surface area contributed by atoms with Crippen LogP contribution < -0.4 is 0 Å². The smallest absolute Gasteiger partial charge is 0.396 e. The van der Waals surface area contributed by atoms with Crippen LogP contribution in [-0.4, -0.2) is 16.7 Å². The molecule has 1 N–H and O–H groups in total. The number of aliphatic hydroxyl groups excluding tert-OH is 1. The molecule has 0 unspecified atom stereocenters. The van der Waals surface area contributed by atoms with Crippen molar-refractivity contribution in [2.75, 3.05) is 6.61 Å². The van der Waals surface area contributed by atoms with Crippen LogP contribution in [0, 0.1) is 0 Å². The minimum absolute atomic E-state index is 0.0426. The van der Waals surface area contributed by atoms with Gasteiger partial charge in [-0.15, -0.1) is 0 Å². The van der Waals surface area contributed by atoms with Gasteiger partial charge in [0.15, 0.2) is 0 Å². The third kappa shape index (κ3) is 3.32. The van der Waals surface area contributed by atoms with Gasteiger partial charge in [0.1, 0.15) is 0 Å². The molecule has 0 atom stereocenters. The van der Waals surface area contributed by atoms with Crippen LogP contribution in [0.2, 0.25) is 0 Å². The number of aliphatic hydroxyl groups is 1. The number of hydrogen-bond donors (Lipinski definition) is 1. The highest BCUT2D eigenvalue weighted by Crippen LogP contribution is 2.31. The van der Waals surface area contributed by atoms with E-state index in [2.05, 4.69) is 4.98 Å². The van der Waals surface area contributed by atoms with Crippen LogP contribution in [0.25, 0.3) is 11.3 Å². The largest absolute Gasteiger partial charge is 0.416 e. The predicted molar refractivity (Wildman–Crippen MR) is 65.5 cm³/mol. The standard InChI is InChI=1S/C14H12F3NO/c15-14(16,17)11-4-1-3-10(9-11)13-6-2-5-12(18-13)7-8-19/h1-6,9,19H,7-8H2. The first-order valence-corrected chi connectivity index (χ1v) is 5.75. The molecular formula is C14H12F3NO. The van der Waals surface area contributed by atoms with Gasteiger partial charge >= 0.3 is 6.18 Å². The second-order valence-electron chi connectivity index (χ2n) is 4.07. The van der Waals surface area contributed by atoms with Gasteiger partial charge in [0, 0.05) is 24.3 Å². The molecule has 2 aromatic rings. The minimum Gasteiger partial charge on any atom is -0.396 e. The molecule has 0 spiro atoms. The SMILES string of the molecule is OCCc1cccc(-c2cccc(C(F)(F)F)c2)n1. The normalized spacial score (nSPS) is 11.6. The Balaban J connectivity index is 2.39. The summed E-state index contributed by atoms with van der Waals surface area (Å²) >= 11 is 0. The van der Waals surface area contributed by atoms with E-state index in [0.717, 1.165) is 12.1 Å². The van der Waals surface area contributed by atoms with Crippen molar-refractivity contribution >= 4 is 0 Å². The monoisotopic (exact) mass is 267 g/mol. The van der Waals surface area contributed by atoms with Crippen molar-refractivity contribution in [3.63, 3.8) is 0 Å². The van der Waals surface area contributed by atoms with E-state index >= 15 is 0 Å². The van der Waals surface area contributed by atoms with Crippen LogP contribution in [0.3, 0.4) is 0 Å². The Labute approximate surface area is 108 Å². The van der Waals surface area contributed by atoms with E-state index in [1.807, 2.05) is 0 Å². The van der Waals surface area contributed by atoms with E-state index in [1.54, 1.807) is 24.3 Å². The maximum Gasteiger partial charge on any atom is 0.416 e. The Morgan fingerprint density at radius 3 is 2.47 bits per heavy atom. The molecule has 5 heteroatoms. The highest BCUT2D eigenvalue weighted by atomic mass is 19.4. The Hall–Kier alpha value is -1.88. The molecule has 0 aliphatic rings. The molecule has 2 rings (SSSR count). The fourth-order valence-corrected chi connectivity index (χ4v) is 1.75. The lowest BCUT2D eigenvalue weighted by atomic mass is 10.1. The maximum absolute atomic E-state index is 12.6. The molecule has 1 heterocycles. The molecule has 0 fully saturated rings. The van der Waals surface area contributed by atoms with Gasteiger partial charge in [0.05, 0.1) is 11.3 Å². The van der Waals surface area contributed by atoms with Crippen molar-refractivity contribution in [2.24, 2.45) is 0 Å². The number of pyridine rings is 1. The van der Waals surface area contributed by atoms with Crippen LogP contribution in [0.5, 0.6) is 0 Å². The van der Waals surface area contributed by atoms with Crippen LogP contribution >= 0.6 is 0 Å². The zero-order chi connectivity index (χ0) is 13.9. The molecule has 0 aliphatic heterocycles. The van der Waals surface area contributed by atoms with Gasteiger partial charge in [-0.1, -0.05) is 18.2 Å². The van der Waals surface area contributed by atoms with E-state index in [-0.39, 0.29) is 6.61 Å². The molecule has 1 aromatic heterocycles. The first kappa shape index (κ1) is 13.5. The molecule has 0 aliphatic carbocycles. The summed E-state index contributed by atoms with van der Waals surface area (Å²) < 4.78 is 37.9. The van der Waals surface area contributed by atoms with Gasteiger partial charge in [-0.3, -0.25) is 4.98 Å². The maximum atomic E-state index is 12.6. The van der Waals surface area contributed by atoms with Crippen LogP contribution in [0.15, 0.2) is 42.5 Å². The topological polar surface area (TPSA) is 33.1 Å². The zero-order valence-electron chi connectivity index (χ0n) is 9.98. The van der Waals surface area contributed by atoms with E-state index in [9.17, 15) is 13.2 Å². The summed E-state index contributed by atoms with van der Waals surface area (Å²) in [4.78, 5) is 4.23. The summed E-state index contributed by atoms with van der Waals surface area (Å²) in [5.74, 6) is 0. The average Bonchev–Trinajstić information content (AvgIpc) is 2.39. The third-order valence-electron chi connectivity index (χ3n) is 2.66. The quantitative estimate of drug-likeness (QED) is 0.925. The average molecular weight is 267 g/mol. The summed E-state index contributed by atoms with van der Waals surface area (Å²) in [6.45, 7) is -0.0426. The summed E-state index contributed by atoms with van der Waals surface area (Å²) in [6.07, 6.45) is -3.98. The number of aromatic nitrogens is 1. The molecule has 0 bridgehead atoms. The highest BCUT2D eigenvalue weighted by molar-refractivity contribution is 5.60. The van der Waals surface area contributed by atoms with Gasteiger partial charge in [0.2, 0.25) is 0 Å². The lowest BCUT2D eigenvalue weighted by molar-refractivity contribution is -0.137. The van der Waals surface area contributed by atoms with E-state index in [4.69, 9.17) is 5.11 Å². The molecule has 0 saturated heterocycles. The molecule has 19 heavy (non-hydrogen) atoms. The van der Waals surface area contributed by atoms with Crippen molar-refractivity contribution in [2.45, 2.75) is 12.6 Å². The lowest BCUT2D eigenvalue weighted by Gasteiger charge is -2.09. The Bertz CT molecular complexity index is 567. The summed E-state index contributed by atoms with van der Waals surface area (Å²) in [7, 11) is 0. The van der Waals surface area contributed by atoms with Crippen LogP contribution in [-0.2, 0) is 12.6 Å². The zero-order valence-corrected chi connectivity index (χ0v) is 9.98. The van der Waals surface area contributed by atoms with Crippen molar-refractivity contribution < 1.29 is 18.3 Å². The molecule has 100 valence electrons. The lowest BCUT2D eigenvalue weighted by Crippen LogP contribution is -2.04. The predicted octanol–water partition coefficient (Wildman–Crippen LogP) is 3.30. The Morgan fingerprint density at radius 1 is 1.05 bits per heavy atom. The van der Waals surface area contributed by atoms with E-state index in [1.165, 1.54) is 6.07 Å². The Kier molecular flexibility index (Phi) is 3.85. The number of rotatable bonds is 3. The summed E-state index contributed by atoms with van der Waals surface area (Å²) in [5.41, 5.74) is 0.837. The molecule has 2 nitrogen and oxygen atoms in total. The van der Waals surface area contributed by atoms with Gasteiger partial charge in [-0.05, 0) is 24.3 Å². The van der Waals surface area contributed by atoms with Gasteiger partial charge in [0.25, 0.3) is 0 Å². The fraction of sp³-hybridized carbons (Fsp3) is 0.214. The van der Waals surface area contributed by atoms with E-state index in [0.29, 0.717) is 23.4 Å². The second-order valence-corrected chi connectivity index (χ2v) is 4.07. The summed E-state index contributed by atoms with van der Waals surface area (Å²) in [5, 5.41) is 8.84.